The number of carbonyl (C=O) groups is 1. The van der Waals surface area contributed by atoms with E-state index in [4.69, 9.17) is 14.2 Å². The number of methoxy groups -OCH3 is 1. The summed E-state index contributed by atoms with van der Waals surface area (Å²) in [5, 5.41) is 3.23. The molecule has 21 heavy (non-hydrogen) atoms. The highest BCUT2D eigenvalue weighted by Gasteiger charge is 2.03. The molecule has 0 aromatic heterocycles. The van der Waals surface area contributed by atoms with E-state index in [9.17, 15) is 4.79 Å². The van der Waals surface area contributed by atoms with Crippen molar-refractivity contribution in [2.75, 3.05) is 45.4 Å². The summed E-state index contributed by atoms with van der Waals surface area (Å²) in [6.45, 7) is 4.75. The highest BCUT2D eigenvalue weighted by Crippen LogP contribution is 2.12. The van der Waals surface area contributed by atoms with Gasteiger partial charge in [-0.05, 0) is 18.6 Å². The molecule has 0 unspecified atom stereocenters. The molecule has 5 heteroatoms. The van der Waals surface area contributed by atoms with Crippen LogP contribution in [0.1, 0.15) is 18.4 Å². The van der Waals surface area contributed by atoms with E-state index >= 15 is 0 Å². The monoisotopic (exact) mass is 295 g/mol. The minimum absolute atomic E-state index is 0.187. The SMILES string of the molecule is COCCOCCCOC(=O)CCNc1ccccc1C. The van der Waals surface area contributed by atoms with Crippen molar-refractivity contribution in [3.8, 4) is 0 Å². The van der Waals surface area contributed by atoms with Gasteiger partial charge in [0, 0.05) is 32.4 Å². The fourth-order valence-electron chi connectivity index (χ4n) is 1.73. The Balaban J connectivity index is 2.00. The molecule has 0 aliphatic rings. The molecule has 0 heterocycles. The van der Waals surface area contributed by atoms with Gasteiger partial charge in [-0.25, -0.2) is 0 Å². The molecule has 0 amide bonds. The van der Waals surface area contributed by atoms with Gasteiger partial charge >= 0.3 is 5.97 Å². The van der Waals surface area contributed by atoms with Crippen molar-refractivity contribution in [1.82, 2.24) is 0 Å². The number of nitrogens with one attached hydrogen (secondary N) is 1. The van der Waals surface area contributed by atoms with Crippen LogP contribution in [0, 0.1) is 6.92 Å². The van der Waals surface area contributed by atoms with Gasteiger partial charge in [0.2, 0.25) is 0 Å². The molecule has 0 saturated heterocycles. The van der Waals surface area contributed by atoms with Crippen LogP contribution in [-0.4, -0.2) is 46.1 Å². The molecule has 0 radical (unpaired) electrons. The van der Waals surface area contributed by atoms with E-state index < -0.39 is 0 Å². The highest BCUT2D eigenvalue weighted by molar-refractivity contribution is 5.70. The first-order chi connectivity index (χ1) is 10.2. The zero-order chi connectivity index (χ0) is 15.3. The number of esters is 1. The van der Waals surface area contributed by atoms with Crippen LogP contribution < -0.4 is 5.32 Å². The second-order valence-electron chi connectivity index (χ2n) is 4.67. The van der Waals surface area contributed by atoms with E-state index in [0.717, 1.165) is 5.69 Å². The predicted octanol–water partition coefficient (Wildman–Crippen LogP) is 2.39. The molecule has 0 fully saturated rings. The van der Waals surface area contributed by atoms with Gasteiger partial charge in [0.25, 0.3) is 0 Å². The van der Waals surface area contributed by atoms with Crippen molar-refractivity contribution < 1.29 is 19.0 Å². The molecule has 0 aliphatic heterocycles. The van der Waals surface area contributed by atoms with E-state index in [1.54, 1.807) is 7.11 Å². The molecule has 0 aliphatic carbocycles. The fourth-order valence-corrected chi connectivity index (χ4v) is 1.73. The third-order valence-electron chi connectivity index (χ3n) is 2.92. The van der Waals surface area contributed by atoms with Gasteiger partial charge < -0.3 is 19.5 Å². The minimum Gasteiger partial charge on any atom is -0.466 e. The zero-order valence-electron chi connectivity index (χ0n) is 12.9. The number of ether oxygens (including phenoxy) is 3. The maximum absolute atomic E-state index is 11.5. The zero-order valence-corrected chi connectivity index (χ0v) is 12.9. The van der Waals surface area contributed by atoms with Crippen LogP contribution in [0.3, 0.4) is 0 Å². The molecule has 0 atom stereocenters. The average molecular weight is 295 g/mol. The number of para-hydroxylation sites is 1. The number of hydrogen-bond acceptors (Lipinski definition) is 5. The molecular weight excluding hydrogens is 270 g/mol. The van der Waals surface area contributed by atoms with E-state index in [2.05, 4.69) is 5.32 Å². The summed E-state index contributed by atoms with van der Waals surface area (Å²) in [5.41, 5.74) is 2.22. The first-order valence-corrected chi connectivity index (χ1v) is 7.26. The summed E-state index contributed by atoms with van der Waals surface area (Å²) in [7, 11) is 1.64. The van der Waals surface area contributed by atoms with Crippen molar-refractivity contribution >= 4 is 11.7 Å². The Bertz CT molecular complexity index is 409. The van der Waals surface area contributed by atoms with Crippen molar-refractivity contribution in [3.63, 3.8) is 0 Å². The van der Waals surface area contributed by atoms with E-state index in [1.807, 2.05) is 31.2 Å². The van der Waals surface area contributed by atoms with Crippen LogP contribution in [0.2, 0.25) is 0 Å². The fraction of sp³-hybridized carbons (Fsp3) is 0.562. The maximum atomic E-state index is 11.5. The Morgan fingerprint density at radius 1 is 1.14 bits per heavy atom. The molecular formula is C16H25NO4. The Hall–Kier alpha value is -1.59. The molecule has 1 rings (SSSR count). The largest absolute Gasteiger partial charge is 0.466 e. The Morgan fingerprint density at radius 3 is 2.71 bits per heavy atom. The lowest BCUT2D eigenvalue weighted by molar-refractivity contribution is -0.143. The normalized spacial score (nSPS) is 10.4. The number of hydrogen-bond donors (Lipinski definition) is 1. The summed E-state index contributed by atoms with van der Waals surface area (Å²) in [6, 6.07) is 7.99. The minimum atomic E-state index is -0.187. The van der Waals surface area contributed by atoms with Crippen LogP contribution >= 0.6 is 0 Å². The lowest BCUT2D eigenvalue weighted by atomic mass is 10.2. The van der Waals surface area contributed by atoms with Crippen molar-refractivity contribution in [2.24, 2.45) is 0 Å². The molecule has 0 spiro atoms. The van der Waals surface area contributed by atoms with Crippen LogP contribution in [0.25, 0.3) is 0 Å². The third-order valence-corrected chi connectivity index (χ3v) is 2.92. The topological polar surface area (TPSA) is 56.8 Å². The molecule has 1 aromatic rings. The highest BCUT2D eigenvalue weighted by atomic mass is 16.5. The van der Waals surface area contributed by atoms with Crippen LogP contribution in [-0.2, 0) is 19.0 Å². The number of aryl methyl sites for hydroxylation is 1. The number of rotatable bonds is 11. The lowest BCUT2D eigenvalue weighted by Crippen LogP contribution is -2.13. The quantitative estimate of drug-likeness (QED) is 0.502. The van der Waals surface area contributed by atoms with Crippen LogP contribution in [0.15, 0.2) is 24.3 Å². The number of benzene rings is 1. The first kappa shape index (κ1) is 17.5. The van der Waals surface area contributed by atoms with E-state index in [0.29, 0.717) is 45.8 Å². The second kappa shape index (κ2) is 11.1. The van der Waals surface area contributed by atoms with Crippen LogP contribution in [0.5, 0.6) is 0 Å². The van der Waals surface area contributed by atoms with Crippen molar-refractivity contribution in [3.05, 3.63) is 29.8 Å². The molecule has 0 saturated carbocycles. The number of anilines is 1. The predicted molar refractivity (Wildman–Crippen MR) is 82.6 cm³/mol. The Kier molecular flexibility index (Phi) is 9.24. The third kappa shape index (κ3) is 8.32. The second-order valence-corrected chi connectivity index (χ2v) is 4.67. The van der Waals surface area contributed by atoms with Gasteiger partial charge in [-0.3, -0.25) is 4.79 Å². The summed E-state index contributed by atoms with van der Waals surface area (Å²) in [4.78, 5) is 11.5. The Labute approximate surface area is 126 Å². The molecule has 1 N–H and O–H groups in total. The Morgan fingerprint density at radius 2 is 1.95 bits per heavy atom. The average Bonchev–Trinajstić information content (AvgIpc) is 2.48. The summed E-state index contributed by atoms with van der Waals surface area (Å²) in [6.07, 6.45) is 1.07. The molecule has 5 nitrogen and oxygen atoms in total. The standard InChI is InChI=1S/C16H25NO4/c1-14-6-3-4-7-15(14)17-9-8-16(18)21-11-5-10-20-13-12-19-2/h3-4,6-7,17H,5,8-13H2,1-2H3. The number of carbonyl (C=O) groups excluding carboxylic acids is 1. The molecule has 1 aromatic carbocycles. The summed E-state index contributed by atoms with van der Waals surface area (Å²) >= 11 is 0. The molecule has 118 valence electrons. The first-order valence-electron chi connectivity index (χ1n) is 7.26. The van der Waals surface area contributed by atoms with Gasteiger partial charge in [-0.2, -0.15) is 0 Å². The van der Waals surface area contributed by atoms with Gasteiger partial charge in [-0.1, -0.05) is 18.2 Å². The smallest absolute Gasteiger partial charge is 0.307 e. The van der Waals surface area contributed by atoms with E-state index in [1.165, 1.54) is 5.56 Å². The van der Waals surface area contributed by atoms with Crippen molar-refractivity contribution in [2.45, 2.75) is 19.8 Å². The van der Waals surface area contributed by atoms with Gasteiger partial charge in [-0.15, -0.1) is 0 Å². The van der Waals surface area contributed by atoms with E-state index in [-0.39, 0.29) is 5.97 Å². The lowest BCUT2D eigenvalue weighted by Gasteiger charge is -2.09. The summed E-state index contributed by atoms with van der Waals surface area (Å²) < 4.78 is 15.3. The maximum Gasteiger partial charge on any atom is 0.307 e. The van der Waals surface area contributed by atoms with Gasteiger partial charge in [0.15, 0.2) is 0 Å². The van der Waals surface area contributed by atoms with Gasteiger partial charge in [0.1, 0.15) is 0 Å². The van der Waals surface area contributed by atoms with Gasteiger partial charge in [0.05, 0.1) is 26.2 Å². The summed E-state index contributed by atoms with van der Waals surface area (Å²) in [5.74, 6) is -0.187. The van der Waals surface area contributed by atoms with Crippen molar-refractivity contribution in [1.29, 1.82) is 0 Å². The molecule has 0 bridgehead atoms. The van der Waals surface area contributed by atoms with Crippen LogP contribution in [0.4, 0.5) is 5.69 Å².